The molecular weight excluding hydrogens is 172 g/mol. The topological polar surface area (TPSA) is 52.6 Å². The summed E-state index contributed by atoms with van der Waals surface area (Å²) in [5.74, 6) is -0.572. The second-order valence-electron chi connectivity index (χ2n) is 2.44. The van der Waals surface area contributed by atoms with Crippen LogP contribution in [0.1, 0.15) is 25.7 Å². The highest BCUT2D eigenvalue weighted by Gasteiger charge is 2.03. The largest absolute Gasteiger partial charge is 0.469 e. The molecule has 0 unspecified atom stereocenters. The summed E-state index contributed by atoms with van der Waals surface area (Å²) in [6.45, 7) is 3.25. The molecule has 0 aromatic carbocycles. The average molecular weight is 186 g/mol. The van der Waals surface area contributed by atoms with Gasteiger partial charge in [-0.3, -0.25) is 9.59 Å². The van der Waals surface area contributed by atoms with Gasteiger partial charge in [0.05, 0.1) is 13.4 Å². The molecule has 0 aliphatic carbocycles. The summed E-state index contributed by atoms with van der Waals surface area (Å²) in [5, 5.41) is 0. The number of methoxy groups -OCH3 is 1. The third-order valence-electron chi connectivity index (χ3n) is 1.45. The van der Waals surface area contributed by atoms with Gasteiger partial charge >= 0.3 is 11.9 Å². The fraction of sp³-hybridized carbons (Fsp3) is 0.556. The van der Waals surface area contributed by atoms with Crippen LogP contribution >= 0.6 is 0 Å². The minimum atomic E-state index is -0.320. The maximum Gasteiger partial charge on any atom is 0.310 e. The van der Waals surface area contributed by atoms with Crippen LogP contribution in [0, 0.1) is 0 Å². The molecule has 4 heteroatoms. The van der Waals surface area contributed by atoms with Gasteiger partial charge in [0, 0.05) is 12.8 Å². The van der Waals surface area contributed by atoms with E-state index < -0.39 is 0 Å². The van der Waals surface area contributed by atoms with Crippen LogP contribution in [0.15, 0.2) is 12.8 Å². The number of hydrogen-bond donors (Lipinski definition) is 0. The van der Waals surface area contributed by atoms with Crippen molar-refractivity contribution in [2.24, 2.45) is 0 Å². The van der Waals surface area contributed by atoms with Gasteiger partial charge in [-0.15, -0.1) is 0 Å². The Hall–Kier alpha value is -1.32. The van der Waals surface area contributed by atoms with Crippen molar-refractivity contribution in [2.75, 3.05) is 7.11 Å². The van der Waals surface area contributed by atoms with Crippen molar-refractivity contribution in [2.45, 2.75) is 25.7 Å². The van der Waals surface area contributed by atoms with Crippen molar-refractivity contribution < 1.29 is 19.1 Å². The zero-order valence-electron chi connectivity index (χ0n) is 7.75. The first-order valence-electron chi connectivity index (χ1n) is 4.08. The van der Waals surface area contributed by atoms with E-state index in [4.69, 9.17) is 0 Å². The predicted molar refractivity (Wildman–Crippen MR) is 46.8 cm³/mol. The molecule has 0 N–H and O–H groups in total. The monoisotopic (exact) mass is 186 g/mol. The molecule has 0 atom stereocenters. The molecule has 0 saturated heterocycles. The standard InChI is InChI=1S/C9H14O4/c1-3-13-9(11)7-5-4-6-8(10)12-2/h3H,1,4-7H2,2H3. The number of carbonyl (C=O) groups excluding carboxylic acids is 2. The van der Waals surface area contributed by atoms with Gasteiger partial charge in [0.15, 0.2) is 0 Å². The van der Waals surface area contributed by atoms with E-state index in [9.17, 15) is 9.59 Å². The lowest BCUT2D eigenvalue weighted by Gasteiger charge is -1.99. The molecule has 0 bridgehead atoms. The van der Waals surface area contributed by atoms with Crippen LogP contribution in [0.3, 0.4) is 0 Å². The van der Waals surface area contributed by atoms with Crippen LogP contribution in [0.4, 0.5) is 0 Å². The molecule has 0 spiro atoms. The molecule has 4 nitrogen and oxygen atoms in total. The Labute approximate surface area is 77.5 Å². The number of unbranched alkanes of at least 4 members (excludes halogenated alkanes) is 1. The summed E-state index contributed by atoms with van der Waals surface area (Å²) in [6.07, 6.45) is 3.02. The van der Waals surface area contributed by atoms with E-state index in [1.54, 1.807) is 0 Å². The van der Waals surface area contributed by atoms with Crippen LogP contribution in [0.2, 0.25) is 0 Å². The minimum absolute atomic E-state index is 0.253. The Morgan fingerprint density at radius 3 is 2.23 bits per heavy atom. The molecule has 0 aromatic heterocycles. The summed E-state index contributed by atoms with van der Waals surface area (Å²) in [5.41, 5.74) is 0. The van der Waals surface area contributed by atoms with E-state index in [0.717, 1.165) is 6.26 Å². The van der Waals surface area contributed by atoms with E-state index in [1.165, 1.54) is 7.11 Å². The van der Waals surface area contributed by atoms with E-state index in [-0.39, 0.29) is 11.9 Å². The van der Waals surface area contributed by atoms with Crippen molar-refractivity contribution in [1.29, 1.82) is 0 Å². The van der Waals surface area contributed by atoms with Crippen molar-refractivity contribution >= 4 is 11.9 Å². The van der Waals surface area contributed by atoms with E-state index in [1.807, 2.05) is 0 Å². The van der Waals surface area contributed by atoms with E-state index >= 15 is 0 Å². The quantitative estimate of drug-likeness (QED) is 0.357. The lowest BCUT2D eigenvalue weighted by atomic mass is 10.2. The van der Waals surface area contributed by atoms with Crippen LogP contribution in [0.5, 0.6) is 0 Å². The van der Waals surface area contributed by atoms with Gasteiger partial charge in [0.1, 0.15) is 0 Å². The first-order chi connectivity index (χ1) is 6.20. The summed E-state index contributed by atoms with van der Waals surface area (Å²) in [4.78, 5) is 21.4. The number of carbonyl (C=O) groups is 2. The Morgan fingerprint density at radius 2 is 1.77 bits per heavy atom. The Morgan fingerprint density at radius 1 is 1.23 bits per heavy atom. The molecule has 0 aliphatic rings. The molecule has 74 valence electrons. The highest BCUT2D eigenvalue weighted by molar-refractivity contribution is 5.70. The van der Waals surface area contributed by atoms with E-state index in [2.05, 4.69) is 16.1 Å². The van der Waals surface area contributed by atoms with Crippen molar-refractivity contribution in [3.05, 3.63) is 12.8 Å². The first-order valence-corrected chi connectivity index (χ1v) is 4.08. The molecule has 0 rings (SSSR count). The first kappa shape index (κ1) is 11.7. The minimum Gasteiger partial charge on any atom is -0.469 e. The van der Waals surface area contributed by atoms with Gasteiger partial charge in [-0.25, -0.2) is 0 Å². The summed E-state index contributed by atoms with van der Waals surface area (Å²) in [7, 11) is 1.34. The molecular formula is C9H14O4. The number of ether oxygens (including phenoxy) is 2. The van der Waals surface area contributed by atoms with Crippen molar-refractivity contribution in [3.8, 4) is 0 Å². The fourth-order valence-electron chi connectivity index (χ4n) is 0.793. The SMILES string of the molecule is C=COC(=O)CCCCC(=O)OC. The molecule has 0 aliphatic heterocycles. The van der Waals surface area contributed by atoms with Crippen LogP contribution in [0.25, 0.3) is 0 Å². The zero-order valence-corrected chi connectivity index (χ0v) is 7.75. The third kappa shape index (κ3) is 7.05. The van der Waals surface area contributed by atoms with Gasteiger partial charge in [-0.05, 0) is 12.8 Å². The summed E-state index contributed by atoms with van der Waals surface area (Å²) >= 11 is 0. The highest BCUT2D eigenvalue weighted by Crippen LogP contribution is 2.02. The van der Waals surface area contributed by atoms with Crippen LogP contribution in [-0.4, -0.2) is 19.0 Å². The van der Waals surface area contributed by atoms with Crippen LogP contribution < -0.4 is 0 Å². The molecule has 0 saturated carbocycles. The Kier molecular flexibility index (Phi) is 6.59. The summed E-state index contributed by atoms with van der Waals surface area (Å²) < 4.78 is 8.92. The smallest absolute Gasteiger partial charge is 0.310 e. The number of esters is 2. The van der Waals surface area contributed by atoms with Gasteiger partial charge in [0.25, 0.3) is 0 Å². The average Bonchev–Trinajstić information content (AvgIpc) is 2.12. The van der Waals surface area contributed by atoms with Gasteiger partial charge in [0.2, 0.25) is 0 Å². The van der Waals surface area contributed by atoms with Crippen molar-refractivity contribution in [1.82, 2.24) is 0 Å². The van der Waals surface area contributed by atoms with Gasteiger partial charge in [-0.1, -0.05) is 6.58 Å². The zero-order chi connectivity index (χ0) is 10.1. The molecule has 0 heterocycles. The van der Waals surface area contributed by atoms with Gasteiger partial charge in [-0.2, -0.15) is 0 Å². The number of rotatable bonds is 6. The second kappa shape index (κ2) is 7.34. The van der Waals surface area contributed by atoms with Gasteiger partial charge < -0.3 is 9.47 Å². The summed E-state index contributed by atoms with van der Waals surface area (Å²) in [6, 6.07) is 0. The molecule has 0 amide bonds. The number of hydrogen-bond acceptors (Lipinski definition) is 4. The second-order valence-corrected chi connectivity index (χ2v) is 2.44. The molecule has 13 heavy (non-hydrogen) atoms. The Balaban J connectivity index is 3.30. The molecule has 0 aromatic rings. The highest BCUT2D eigenvalue weighted by atomic mass is 16.5. The maximum absolute atomic E-state index is 10.7. The van der Waals surface area contributed by atoms with E-state index in [0.29, 0.717) is 25.7 Å². The molecule has 0 radical (unpaired) electrons. The third-order valence-corrected chi connectivity index (χ3v) is 1.45. The maximum atomic E-state index is 10.7. The predicted octanol–water partition coefficient (Wildman–Crippen LogP) is 1.41. The Bertz CT molecular complexity index is 186. The van der Waals surface area contributed by atoms with Crippen LogP contribution in [-0.2, 0) is 19.1 Å². The van der Waals surface area contributed by atoms with Crippen molar-refractivity contribution in [3.63, 3.8) is 0 Å². The normalized spacial score (nSPS) is 9.00. The fourth-order valence-corrected chi connectivity index (χ4v) is 0.793. The molecule has 0 fully saturated rings. The lowest BCUT2D eigenvalue weighted by Crippen LogP contribution is -2.02. The lowest BCUT2D eigenvalue weighted by molar-refractivity contribution is -0.141.